The van der Waals surface area contributed by atoms with E-state index in [-0.39, 0.29) is 0 Å². The second-order valence-electron chi connectivity index (χ2n) is 4.89. The van der Waals surface area contributed by atoms with E-state index in [0.29, 0.717) is 0 Å². The monoisotopic (exact) mass is 254 g/mol. The van der Waals surface area contributed by atoms with Crippen LogP contribution in [0.4, 0.5) is 0 Å². The minimum Gasteiger partial charge on any atom is -0.343 e. The Hall–Kier alpha value is -2.07. The van der Waals surface area contributed by atoms with Crippen LogP contribution in [0.1, 0.15) is 11.1 Å². The normalized spacial score (nSPS) is 11.3. The molecule has 0 atom stereocenters. The van der Waals surface area contributed by atoms with Crippen LogP contribution in [0.3, 0.4) is 0 Å². The fourth-order valence-corrected chi connectivity index (χ4v) is 2.43. The number of hydrogen-bond donors (Lipinski definition) is 1. The first-order valence-corrected chi connectivity index (χ1v) is 6.46. The van der Waals surface area contributed by atoms with Gasteiger partial charge in [-0.25, -0.2) is 0 Å². The number of hydrogen-bond acceptors (Lipinski definition) is 2. The number of aromatic nitrogens is 3. The first kappa shape index (κ1) is 12.0. The Balaban J connectivity index is 1.96. The van der Waals surface area contributed by atoms with E-state index in [1.165, 1.54) is 22.0 Å². The van der Waals surface area contributed by atoms with Crippen LogP contribution >= 0.6 is 0 Å². The van der Waals surface area contributed by atoms with Gasteiger partial charge in [-0.2, -0.15) is 5.10 Å². The van der Waals surface area contributed by atoms with Crippen LogP contribution in [0, 0.1) is 0 Å². The molecule has 98 valence electrons. The highest BCUT2D eigenvalue weighted by Gasteiger charge is 2.04. The zero-order valence-electron chi connectivity index (χ0n) is 11.3. The molecule has 0 aliphatic heterocycles. The topological polar surface area (TPSA) is 34.8 Å². The standard InChI is InChI=1S/C15H18N4/c1-16-8-12-3-4-14-5-6-19(15(14)7-12)11-13-9-17-18(2)10-13/h3-7,9-10,16H,8,11H2,1-2H3. The predicted octanol–water partition coefficient (Wildman–Crippen LogP) is 2.14. The summed E-state index contributed by atoms with van der Waals surface area (Å²) < 4.78 is 4.11. The van der Waals surface area contributed by atoms with Crippen LogP contribution in [0.25, 0.3) is 10.9 Å². The molecule has 0 aliphatic carbocycles. The Morgan fingerprint density at radius 1 is 1.21 bits per heavy atom. The SMILES string of the molecule is CNCc1ccc2ccn(Cc3cnn(C)c3)c2c1. The first-order chi connectivity index (χ1) is 9.26. The summed E-state index contributed by atoms with van der Waals surface area (Å²) in [6, 6.07) is 8.77. The summed E-state index contributed by atoms with van der Waals surface area (Å²) in [5, 5.41) is 8.69. The maximum absolute atomic E-state index is 4.22. The molecule has 0 spiro atoms. The lowest BCUT2D eigenvalue weighted by molar-refractivity contribution is 0.764. The van der Waals surface area contributed by atoms with Crippen molar-refractivity contribution in [3.8, 4) is 0 Å². The fourth-order valence-electron chi connectivity index (χ4n) is 2.43. The lowest BCUT2D eigenvalue weighted by Gasteiger charge is -2.05. The lowest BCUT2D eigenvalue weighted by Crippen LogP contribution is -2.05. The van der Waals surface area contributed by atoms with Gasteiger partial charge in [0.1, 0.15) is 0 Å². The summed E-state index contributed by atoms with van der Waals surface area (Å²) in [5.74, 6) is 0. The Labute approximate surface area is 112 Å². The van der Waals surface area contributed by atoms with E-state index in [9.17, 15) is 0 Å². The molecule has 0 aliphatic rings. The van der Waals surface area contributed by atoms with Crippen LogP contribution < -0.4 is 5.32 Å². The van der Waals surface area contributed by atoms with Gasteiger partial charge in [0, 0.05) is 37.1 Å². The van der Waals surface area contributed by atoms with Crippen LogP contribution in [-0.4, -0.2) is 21.4 Å². The number of nitrogens with zero attached hydrogens (tertiary/aromatic N) is 3. The highest BCUT2D eigenvalue weighted by molar-refractivity contribution is 5.80. The number of fused-ring (bicyclic) bond motifs is 1. The minimum atomic E-state index is 0.861. The molecule has 0 radical (unpaired) electrons. The molecular weight excluding hydrogens is 236 g/mol. The van der Waals surface area contributed by atoms with E-state index in [4.69, 9.17) is 0 Å². The summed E-state index contributed by atoms with van der Waals surface area (Å²) in [5.41, 5.74) is 3.80. The fraction of sp³-hybridized carbons (Fsp3) is 0.267. The van der Waals surface area contributed by atoms with Gasteiger partial charge in [-0.3, -0.25) is 4.68 Å². The van der Waals surface area contributed by atoms with Crippen molar-refractivity contribution in [2.75, 3.05) is 7.05 Å². The van der Waals surface area contributed by atoms with Crippen LogP contribution in [0.5, 0.6) is 0 Å². The predicted molar refractivity (Wildman–Crippen MR) is 77.0 cm³/mol. The number of aryl methyl sites for hydroxylation is 1. The second kappa shape index (κ2) is 4.90. The van der Waals surface area contributed by atoms with Gasteiger partial charge >= 0.3 is 0 Å². The van der Waals surface area contributed by atoms with Gasteiger partial charge in [-0.15, -0.1) is 0 Å². The van der Waals surface area contributed by atoms with Gasteiger partial charge in [0.05, 0.1) is 12.7 Å². The third-order valence-electron chi connectivity index (χ3n) is 3.33. The van der Waals surface area contributed by atoms with E-state index in [1.54, 1.807) is 0 Å². The molecule has 1 aromatic carbocycles. The largest absolute Gasteiger partial charge is 0.343 e. The van der Waals surface area contributed by atoms with Crippen LogP contribution in [0.15, 0.2) is 42.9 Å². The van der Waals surface area contributed by atoms with Gasteiger partial charge in [0.2, 0.25) is 0 Å². The van der Waals surface area contributed by atoms with Gasteiger partial charge in [-0.1, -0.05) is 12.1 Å². The molecule has 0 amide bonds. The van der Waals surface area contributed by atoms with E-state index in [0.717, 1.165) is 13.1 Å². The quantitative estimate of drug-likeness (QED) is 0.774. The van der Waals surface area contributed by atoms with Crippen molar-refractivity contribution >= 4 is 10.9 Å². The Bertz CT molecular complexity index is 693. The third-order valence-corrected chi connectivity index (χ3v) is 3.33. The van der Waals surface area contributed by atoms with Crippen molar-refractivity contribution in [2.45, 2.75) is 13.1 Å². The molecule has 0 fully saturated rings. The summed E-state index contributed by atoms with van der Waals surface area (Å²) in [4.78, 5) is 0. The van der Waals surface area contributed by atoms with Crippen molar-refractivity contribution in [3.05, 3.63) is 54.0 Å². The molecule has 3 aromatic rings. The van der Waals surface area contributed by atoms with E-state index >= 15 is 0 Å². The minimum absolute atomic E-state index is 0.861. The number of rotatable bonds is 4. The Morgan fingerprint density at radius 3 is 2.84 bits per heavy atom. The average molecular weight is 254 g/mol. The van der Waals surface area contributed by atoms with Gasteiger partial charge in [-0.05, 0) is 30.1 Å². The third kappa shape index (κ3) is 2.39. The van der Waals surface area contributed by atoms with Crippen molar-refractivity contribution in [1.82, 2.24) is 19.7 Å². The zero-order valence-corrected chi connectivity index (χ0v) is 11.3. The average Bonchev–Trinajstić information content (AvgIpc) is 2.98. The summed E-state index contributed by atoms with van der Waals surface area (Å²) in [6.45, 7) is 1.76. The molecule has 0 unspecified atom stereocenters. The molecule has 4 nitrogen and oxygen atoms in total. The first-order valence-electron chi connectivity index (χ1n) is 6.46. The molecule has 3 rings (SSSR count). The highest BCUT2D eigenvalue weighted by Crippen LogP contribution is 2.19. The maximum atomic E-state index is 4.22. The van der Waals surface area contributed by atoms with Gasteiger partial charge in [0.15, 0.2) is 0 Å². The number of nitrogens with one attached hydrogen (secondary N) is 1. The van der Waals surface area contributed by atoms with Crippen LogP contribution in [0.2, 0.25) is 0 Å². The van der Waals surface area contributed by atoms with Crippen molar-refractivity contribution in [2.24, 2.45) is 7.05 Å². The van der Waals surface area contributed by atoms with Crippen molar-refractivity contribution < 1.29 is 0 Å². The lowest BCUT2D eigenvalue weighted by atomic mass is 10.1. The summed E-state index contributed by atoms with van der Waals surface area (Å²) >= 11 is 0. The molecule has 19 heavy (non-hydrogen) atoms. The Kier molecular flexibility index (Phi) is 3.09. The van der Waals surface area contributed by atoms with Gasteiger partial charge in [0.25, 0.3) is 0 Å². The molecular formula is C15H18N4. The highest BCUT2D eigenvalue weighted by atomic mass is 15.2. The molecule has 0 bridgehead atoms. The molecule has 2 heterocycles. The number of benzene rings is 1. The summed E-state index contributed by atoms with van der Waals surface area (Å²) in [7, 11) is 3.92. The smallest absolute Gasteiger partial charge is 0.0539 e. The second-order valence-corrected chi connectivity index (χ2v) is 4.89. The van der Waals surface area contributed by atoms with E-state index in [2.05, 4.69) is 51.6 Å². The van der Waals surface area contributed by atoms with Crippen molar-refractivity contribution in [1.29, 1.82) is 0 Å². The summed E-state index contributed by atoms with van der Waals surface area (Å²) in [6.07, 6.45) is 6.12. The molecule has 2 aromatic heterocycles. The molecule has 1 N–H and O–H groups in total. The van der Waals surface area contributed by atoms with E-state index in [1.807, 2.05) is 25.0 Å². The van der Waals surface area contributed by atoms with Crippen LogP contribution in [-0.2, 0) is 20.1 Å². The molecule has 0 saturated heterocycles. The molecule has 0 saturated carbocycles. The van der Waals surface area contributed by atoms with E-state index < -0.39 is 0 Å². The van der Waals surface area contributed by atoms with Crippen molar-refractivity contribution in [3.63, 3.8) is 0 Å². The van der Waals surface area contributed by atoms with Gasteiger partial charge < -0.3 is 9.88 Å². The molecule has 4 heteroatoms. The maximum Gasteiger partial charge on any atom is 0.0539 e. The zero-order chi connectivity index (χ0) is 13.2. The Morgan fingerprint density at radius 2 is 2.11 bits per heavy atom.